The van der Waals surface area contributed by atoms with Crippen LogP contribution in [-0.4, -0.2) is 31.3 Å². The first kappa shape index (κ1) is 13.4. The molecule has 0 aromatic carbocycles. The quantitative estimate of drug-likeness (QED) is 0.853. The molecular formula is C13H18N6S. The van der Waals surface area contributed by atoms with E-state index in [1.807, 2.05) is 14.0 Å². The lowest BCUT2D eigenvalue weighted by atomic mass is 10.3. The van der Waals surface area contributed by atoms with Gasteiger partial charge in [0.05, 0.1) is 0 Å². The van der Waals surface area contributed by atoms with Gasteiger partial charge in [-0.2, -0.15) is 5.10 Å². The number of hydrogen-bond acceptors (Lipinski definition) is 6. The predicted octanol–water partition coefficient (Wildman–Crippen LogP) is 2.37. The molecule has 0 radical (unpaired) electrons. The Morgan fingerprint density at radius 1 is 1.40 bits per heavy atom. The number of nitrogens with zero attached hydrogens (tertiary/aromatic N) is 5. The Bertz CT molecular complexity index is 619. The van der Waals surface area contributed by atoms with Gasteiger partial charge in [-0.3, -0.25) is 0 Å². The van der Waals surface area contributed by atoms with Crippen LogP contribution >= 0.6 is 11.8 Å². The Hall–Kier alpha value is -1.63. The van der Waals surface area contributed by atoms with E-state index in [4.69, 9.17) is 4.98 Å². The Balaban J connectivity index is 1.97. The first-order valence-electron chi connectivity index (χ1n) is 6.83. The fraction of sp³-hybridized carbons (Fsp3) is 0.538. The van der Waals surface area contributed by atoms with Crippen LogP contribution in [0.15, 0.2) is 16.5 Å². The number of aryl methyl sites for hydroxylation is 1. The van der Waals surface area contributed by atoms with E-state index in [-0.39, 0.29) is 0 Å². The third-order valence-electron chi connectivity index (χ3n) is 3.26. The molecule has 0 aliphatic heterocycles. The minimum Gasteiger partial charge on any atom is -0.370 e. The minimum absolute atomic E-state index is 0.534. The van der Waals surface area contributed by atoms with E-state index in [2.05, 4.69) is 27.3 Å². The van der Waals surface area contributed by atoms with Crippen LogP contribution in [0.5, 0.6) is 0 Å². The summed E-state index contributed by atoms with van der Waals surface area (Å²) >= 11 is 1.55. The fourth-order valence-corrected chi connectivity index (χ4v) is 2.78. The molecule has 2 aromatic heterocycles. The summed E-state index contributed by atoms with van der Waals surface area (Å²) in [6, 6.07) is 0. The summed E-state index contributed by atoms with van der Waals surface area (Å²) in [5.74, 6) is 2.43. The van der Waals surface area contributed by atoms with Gasteiger partial charge in [0.25, 0.3) is 0 Å². The maximum absolute atomic E-state index is 4.72. The number of anilines is 1. The van der Waals surface area contributed by atoms with Crippen LogP contribution in [0.1, 0.15) is 37.1 Å². The Morgan fingerprint density at radius 3 is 2.80 bits per heavy atom. The summed E-state index contributed by atoms with van der Waals surface area (Å²) in [5.41, 5.74) is 1.07. The van der Waals surface area contributed by atoms with E-state index in [9.17, 15) is 0 Å². The average molecular weight is 290 g/mol. The zero-order valence-electron chi connectivity index (χ0n) is 11.9. The number of rotatable bonds is 5. The molecule has 2 heterocycles. The topological polar surface area (TPSA) is 68.5 Å². The highest BCUT2D eigenvalue weighted by Gasteiger charge is 2.28. The van der Waals surface area contributed by atoms with E-state index in [1.54, 1.807) is 22.8 Å². The molecule has 1 fully saturated rings. The third-order valence-corrected chi connectivity index (χ3v) is 4.41. The predicted molar refractivity (Wildman–Crippen MR) is 78.0 cm³/mol. The summed E-state index contributed by atoms with van der Waals surface area (Å²) in [6.07, 6.45) is 3.96. The molecule has 0 unspecified atom stereocenters. The summed E-state index contributed by atoms with van der Waals surface area (Å²) < 4.78 is 1.76. The maximum atomic E-state index is 4.72. The minimum atomic E-state index is 0.534. The van der Waals surface area contributed by atoms with Gasteiger partial charge in [-0.1, -0.05) is 0 Å². The van der Waals surface area contributed by atoms with Crippen molar-refractivity contribution in [1.29, 1.82) is 0 Å². The Kier molecular flexibility index (Phi) is 3.60. The largest absolute Gasteiger partial charge is 0.370 e. The molecule has 7 heteroatoms. The van der Waals surface area contributed by atoms with Gasteiger partial charge in [0.2, 0.25) is 0 Å². The second-order valence-corrected chi connectivity index (χ2v) is 5.89. The van der Waals surface area contributed by atoms with Gasteiger partial charge in [-0.25, -0.2) is 19.6 Å². The highest BCUT2D eigenvalue weighted by molar-refractivity contribution is 7.99. The SMILES string of the molecule is CCNc1nc(C2CC2)nc(Sc2ncnn2C)c1C. The van der Waals surface area contributed by atoms with Crippen molar-refractivity contribution in [2.75, 3.05) is 11.9 Å². The van der Waals surface area contributed by atoms with E-state index in [1.165, 1.54) is 12.8 Å². The summed E-state index contributed by atoms with van der Waals surface area (Å²) in [4.78, 5) is 13.6. The van der Waals surface area contributed by atoms with E-state index >= 15 is 0 Å². The van der Waals surface area contributed by atoms with Crippen molar-refractivity contribution in [3.63, 3.8) is 0 Å². The molecule has 6 nitrogen and oxygen atoms in total. The number of aromatic nitrogens is 5. The molecule has 2 aromatic rings. The summed E-state index contributed by atoms with van der Waals surface area (Å²) in [6.45, 7) is 4.98. The molecule has 1 saturated carbocycles. The molecule has 0 amide bonds. The van der Waals surface area contributed by atoms with E-state index in [0.717, 1.165) is 33.9 Å². The van der Waals surface area contributed by atoms with Gasteiger partial charge >= 0.3 is 0 Å². The smallest absolute Gasteiger partial charge is 0.192 e. The monoisotopic (exact) mass is 290 g/mol. The first-order valence-corrected chi connectivity index (χ1v) is 7.65. The highest BCUT2D eigenvalue weighted by atomic mass is 32.2. The summed E-state index contributed by atoms with van der Waals surface area (Å²) in [7, 11) is 1.89. The molecule has 0 saturated heterocycles. The lowest BCUT2D eigenvalue weighted by Crippen LogP contribution is -2.07. The van der Waals surface area contributed by atoms with Gasteiger partial charge in [0.15, 0.2) is 5.16 Å². The lowest BCUT2D eigenvalue weighted by Gasteiger charge is -2.12. The van der Waals surface area contributed by atoms with Crippen molar-refractivity contribution >= 4 is 17.6 Å². The molecule has 0 spiro atoms. The van der Waals surface area contributed by atoms with Crippen molar-refractivity contribution < 1.29 is 0 Å². The van der Waals surface area contributed by atoms with Crippen molar-refractivity contribution in [3.05, 3.63) is 17.7 Å². The first-order chi connectivity index (χ1) is 9.69. The molecule has 0 atom stereocenters. The zero-order valence-corrected chi connectivity index (χ0v) is 12.7. The van der Waals surface area contributed by atoms with Crippen LogP contribution in [0, 0.1) is 6.92 Å². The van der Waals surface area contributed by atoms with Gasteiger partial charge in [-0.05, 0) is 38.5 Å². The lowest BCUT2D eigenvalue weighted by molar-refractivity contribution is 0.684. The molecule has 1 aliphatic carbocycles. The van der Waals surface area contributed by atoms with Crippen LogP contribution < -0.4 is 5.32 Å². The van der Waals surface area contributed by atoms with Gasteiger partial charge in [-0.15, -0.1) is 0 Å². The molecule has 3 rings (SSSR count). The molecule has 0 bridgehead atoms. The van der Waals surface area contributed by atoms with Crippen molar-refractivity contribution in [2.24, 2.45) is 7.05 Å². The van der Waals surface area contributed by atoms with Crippen LogP contribution in [0.25, 0.3) is 0 Å². The van der Waals surface area contributed by atoms with Crippen LogP contribution in [-0.2, 0) is 7.05 Å². The summed E-state index contributed by atoms with van der Waals surface area (Å²) in [5, 5.41) is 9.23. The third kappa shape index (κ3) is 2.63. The highest BCUT2D eigenvalue weighted by Crippen LogP contribution is 2.40. The van der Waals surface area contributed by atoms with Gasteiger partial charge in [0, 0.05) is 25.1 Å². The Morgan fingerprint density at radius 2 is 2.20 bits per heavy atom. The van der Waals surface area contributed by atoms with Crippen molar-refractivity contribution in [2.45, 2.75) is 42.8 Å². The molecular weight excluding hydrogens is 272 g/mol. The number of hydrogen-bond donors (Lipinski definition) is 1. The molecule has 1 N–H and O–H groups in total. The second-order valence-electron chi connectivity index (χ2n) is 4.93. The number of nitrogens with one attached hydrogen (secondary N) is 1. The second kappa shape index (κ2) is 5.40. The van der Waals surface area contributed by atoms with Crippen LogP contribution in [0.4, 0.5) is 5.82 Å². The normalized spacial score (nSPS) is 14.6. The zero-order chi connectivity index (χ0) is 14.1. The molecule has 1 aliphatic rings. The van der Waals surface area contributed by atoms with Gasteiger partial charge < -0.3 is 5.32 Å². The molecule has 20 heavy (non-hydrogen) atoms. The van der Waals surface area contributed by atoms with Crippen LogP contribution in [0.3, 0.4) is 0 Å². The van der Waals surface area contributed by atoms with Crippen molar-refractivity contribution in [1.82, 2.24) is 24.7 Å². The van der Waals surface area contributed by atoms with Gasteiger partial charge in [0.1, 0.15) is 23.0 Å². The van der Waals surface area contributed by atoms with Crippen LogP contribution in [0.2, 0.25) is 0 Å². The molecule has 106 valence electrons. The van der Waals surface area contributed by atoms with E-state index < -0.39 is 0 Å². The van der Waals surface area contributed by atoms with E-state index in [0.29, 0.717) is 5.92 Å². The maximum Gasteiger partial charge on any atom is 0.192 e. The Labute approximate surface area is 122 Å². The average Bonchev–Trinajstić information content (AvgIpc) is 3.20. The fourth-order valence-electron chi connectivity index (χ4n) is 1.94. The van der Waals surface area contributed by atoms with Crippen molar-refractivity contribution in [3.8, 4) is 0 Å². The standard InChI is InChI=1S/C13H18N6S/c1-4-14-10-8(2)12(18-11(17-10)9-5-6-9)20-13-15-7-16-19(13)3/h7,9H,4-6H2,1-3H3,(H,14,17,18).